The number of hydrogen-bond donors (Lipinski definition) is 0. The highest BCUT2D eigenvalue weighted by Crippen LogP contribution is 2.19. The predicted molar refractivity (Wildman–Crippen MR) is 66.4 cm³/mol. The van der Waals surface area contributed by atoms with E-state index in [4.69, 9.17) is 8.94 Å². The summed E-state index contributed by atoms with van der Waals surface area (Å²) < 4.78 is 22.9. The summed E-state index contributed by atoms with van der Waals surface area (Å²) >= 11 is 1.45. The van der Waals surface area contributed by atoms with Gasteiger partial charge in [-0.05, 0) is 23.6 Å². The highest BCUT2D eigenvalue weighted by atomic mass is 32.2. The molecule has 1 atom stereocenters. The smallest absolute Gasteiger partial charge is 0.240 e. The number of aromatic nitrogens is 2. The Morgan fingerprint density at radius 3 is 3.00 bits per heavy atom. The predicted octanol–water partition coefficient (Wildman–Crippen LogP) is 2.70. The van der Waals surface area contributed by atoms with Gasteiger partial charge in [-0.1, -0.05) is 11.2 Å². The largest absolute Gasteiger partial charge is 0.461 e. The molecule has 0 unspecified atom stereocenters. The van der Waals surface area contributed by atoms with Gasteiger partial charge in [-0.3, -0.25) is 4.21 Å². The molecule has 0 aliphatic rings. The van der Waals surface area contributed by atoms with E-state index >= 15 is 0 Å². The molecule has 0 aromatic carbocycles. The second kappa shape index (κ2) is 4.87. The second-order valence-electron chi connectivity index (χ2n) is 3.41. The second-order valence-corrected chi connectivity index (χ2v) is 6.04. The molecule has 3 aromatic rings. The fourth-order valence-corrected chi connectivity index (χ4v) is 3.33. The van der Waals surface area contributed by atoms with Gasteiger partial charge in [0, 0.05) is 0 Å². The fraction of sp³-hybridized carbons (Fsp3) is 0.0909. The van der Waals surface area contributed by atoms with Crippen molar-refractivity contribution in [1.29, 1.82) is 0 Å². The van der Waals surface area contributed by atoms with E-state index in [1.54, 1.807) is 12.1 Å². The van der Waals surface area contributed by atoms with Crippen molar-refractivity contribution in [3.05, 3.63) is 41.8 Å². The van der Waals surface area contributed by atoms with Crippen molar-refractivity contribution in [3.8, 4) is 11.6 Å². The summed E-state index contributed by atoms with van der Waals surface area (Å²) in [5, 5.41) is 5.67. The van der Waals surface area contributed by atoms with Crippen LogP contribution in [0.3, 0.4) is 0 Å². The third-order valence-corrected chi connectivity index (χ3v) is 4.79. The van der Waals surface area contributed by atoms with Crippen LogP contribution in [0.4, 0.5) is 0 Å². The molecule has 0 bridgehead atoms. The minimum Gasteiger partial charge on any atom is -0.461 e. The van der Waals surface area contributed by atoms with E-state index in [9.17, 15) is 4.21 Å². The summed E-state index contributed by atoms with van der Waals surface area (Å²) in [4.78, 5) is 4.14. The molecule has 5 nitrogen and oxygen atoms in total. The molecule has 0 radical (unpaired) electrons. The molecule has 0 fully saturated rings. The van der Waals surface area contributed by atoms with Crippen LogP contribution in [0, 0.1) is 0 Å². The molecule has 3 heterocycles. The van der Waals surface area contributed by atoms with Gasteiger partial charge in [-0.15, -0.1) is 11.3 Å². The Morgan fingerprint density at radius 2 is 2.28 bits per heavy atom. The monoisotopic (exact) mass is 280 g/mol. The maximum absolute atomic E-state index is 11.9. The summed E-state index contributed by atoms with van der Waals surface area (Å²) in [5.74, 6) is 1.46. The summed E-state index contributed by atoms with van der Waals surface area (Å²) in [6.07, 6.45) is 1.54. The van der Waals surface area contributed by atoms with Crippen LogP contribution in [0.5, 0.6) is 0 Å². The Labute approximate surface area is 109 Å². The van der Waals surface area contributed by atoms with Gasteiger partial charge in [0.25, 0.3) is 0 Å². The van der Waals surface area contributed by atoms with E-state index in [1.807, 2.05) is 17.5 Å². The van der Waals surface area contributed by atoms with E-state index in [1.165, 1.54) is 17.6 Å². The summed E-state index contributed by atoms with van der Waals surface area (Å²) in [6, 6.07) is 7.17. The van der Waals surface area contributed by atoms with Crippen molar-refractivity contribution in [3.63, 3.8) is 0 Å². The van der Waals surface area contributed by atoms with Gasteiger partial charge >= 0.3 is 0 Å². The van der Waals surface area contributed by atoms with Gasteiger partial charge in [-0.2, -0.15) is 4.98 Å². The molecule has 0 N–H and O–H groups in total. The van der Waals surface area contributed by atoms with Gasteiger partial charge in [-0.25, -0.2) is 0 Å². The van der Waals surface area contributed by atoms with Gasteiger partial charge in [0.15, 0.2) is 5.76 Å². The maximum Gasteiger partial charge on any atom is 0.240 e. The molecule has 0 aliphatic heterocycles. The first kappa shape index (κ1) is 11.4. The first-order valence-electron chi connectivity index (χ1n) is 5.11. The number of thiophene rings is 1. The molecule has 18 heavy (non-hydrogen) atoms. The summed E-state index contributed by atoms with van der Waals surface area (Å²) in [7, 11) is -1.15. The molecule has 0 aliphatic carbocycles. The third-order valence-electron chi connectivity index (χ3n) is 2.18. The van der Waals surface area contributed by atoms with Gasteiger partial charge in [0.1, 0.15) is 5.75 Å². The van der Waals surface area contributed by atoms with Crippen LogP contribution in [0.1, 0.15) is 5.89 Å². The molecule has 92 valence electrons. The van der Waals surface area contributed by atoms with Crippen molar-refractivity contribution in [1.82, 2.24) is 10.1 Å². The number of rotatable bonds is 4. The van der Waals surface area contributed by atoms with Crippen LogP contribution >= 0.6 is 11.3 Å². The minimum absolute atomic E-state index is 0.216. The Morgan fingerprint density at radius 1 is 1.33 bits per heavy atom. The van der Waals surface area contributed by atoms with E-state index in [-0.39, 0.29) is 5.75 Å². The van der Waals surface area contributed by atoms with Crippen molar-refractivity contribution < 1.29 is 13.1 Å². The van der Waals surface area contributed by atoms with Crippen molar-refractivity contribution in [2.75, 3.05) is 0 Å². The number of furan rings is 1. The lowest BCUT2D eigenvalue weighted by Gasteiger charge is -1.92. The standard InChI is InChI=1S/C11H8N2O3S2/c14-18(10-4-2-6-17-10)7-9-12-11(13-16-9)8-3-1-5-15-8/h1-6H,7H2/t18-/m0/s1. The topological polar surface area (TPSA) is 69.1 Å². The van der Waals surface area contributed by atoms with E-state index in [0.29, 0.717) is 17.5 Å². The lowest BCUT2D eigenvalue weighted by atomic mass is 10.4. The van der Waals surface area contributed by atoms with Crippen LogP contribution in [0.25, 0.3) is 11.6 Å². The molecular formula is C11H8N2O3S2. The van der Waals surface area contributed by atoms with Crippen LogP contribution in [0.15, 0.2) is 49.1 Å². The van der Waals surface area contributed by atoms with Crippen LogP contribution in [0.2, 0.25) is 0 Å². The van der Waals surface area contributed by atoms with E-state index in [2.05, 4.69) is 10.1 Å². The third kappa shape index (κ3) is 2.27. The fourth-order valence-electron chi connectivity index (χ4n) is 1.40. The van der Waals surface area contributed by atoms with Crippen LogP contribution in [-0.4, -0.2) is 14.3 Å². The molecule has 3 aromatic heterocycles. The Bertz CT molecular complexity index is 644. The maximum atomic E-state index is 11.9. The van der Waals surface area contributed by atoms with Crippen LogP contribution < -0.4 is 0 Å². The molecule has 3 rings (SSSR count). The number of nitrogens with zero attached hydrogens (tertiary/aromatic N) is 2. The minimum atomic E-state index is -1.15. The zero-order valence-corrected chi connectivity index (χ0v) is 10.7. The Kier molecular flexibility index (Phi) is 3.07. The first-order valence-corrected chi connectivity index (χ1v) is 7.31. The number of hydrogen-bond acceptors (Lipinski definition) is 6. The zero-order valence-electron chi connectivity index (χ0n) is 9.11. The lowest BCUT2D eigenvalue weighted by molar-refractivity contribution is 0.389. The zero-order chi connectivity index (χ0) is 12.4. The lowest BCUT2D eigenvalue weighted by Crippen LogP contribution is -1.94. The van der Waals surface area contributed by atoms with Gasteiger partial charge in [0.2, 0.25) is 11.7 Å². The van der Waals surface area contributed by atoms with Gasteiger partial charge in [0.05, 0.1) is 21.3 Å². The molecule has 0 amide bonds. The van der Waals surface area contributed by atoms with E-state index in [0.717, 1.165) is 4.21 Å². The summed E-state index contributed by atoms with van der Waals surface area (Å²) in [6.45, 7) is 0. The molecule has 0 saturated heterocycles. The Hall–Kier alpha value is -1.73. The Balaban J connectivity index is 1.76. The molecular weight excluding hydrogens is 272 g/mol. The summed E-state index contributed by atoms with van der Waals surface area (Å²) in [5.41, 5.74) is 0. The average Bonchev–Trinajstić information content (AvgIpc) is 3.12. The van der Waals surface area contributed by atoms with Crippen molar-refractivity contribution in [2.45, 2.75) is 9.96 Å². The first-order chi connectivity index (χ1) is 8.83. The molecule has 7 heteroatoms. The highest BCUT2D eigenvalue weighted by Gasteiger charge is 2.14. The molecule has 0 spiro atoms. The van der Waals surface area contributed by atoms with E-state index < -0.39 is 10.8 Å². The SMILES string of the molecule is O=[S@@](Cc1nc(-c2ccco2)no1)c1cccs1. The molecule has 0 saturated carbocycles. The van der Waals surface area contributed by atoms with Gasteiger partial charge < -0.3 is 8.94 Å². The van der Waals surface area contributed by atoms with Crippen molar-refractivity contribution >= 4 is 22.1 Å². The normalized spacial score (nSPS) is 12.7. The highest BCUT2D eigenvalue weighted by molar-refractivity contribution is 7.86. The average molecular weight is 280 g/mol. The quantitative estimate of drug-likeness (QED) is 0.735. The van der Waals surface area contributed by atoms with Crippen LogP contribution in [-0.2, 0) is 16.6 Å². The van der Waals surface area contributed by atoms with Crippen molar-refractivity contribution in [2.24, 2.45) is 0 Å².